The summed E-state index contributed by atoms with van der Waals surface area (Å²) in [5, 5.41) is 0. The van der Waals surface area contributed by atoms with Gasteiger partial charge in [0.2, 0.25) is 10.0 Å². The van der Waals surface area contributed by atoms with Gasteiger partial charge in [-0.05, 0) is 30.7 Å². The van der Waals surface area contributed by atoms with Crippen molar-refractivity contribution < 1.29 is 13.2 Å². The number of sulfonamides is 1. The zero-order valence-electron chi connectivity index (χ0n) is 11.5. The van der Waals surface area contributed by atoms with Crippen LogP contribution in [0.4, 0.5) is 0 Å². The summed E-state index contributed by atoms with van der Waals surface area (Å²) in [6.07, 6.45) is 1.82. The first-order valence-corrected chi connectivity index (χ1v) is 7.85. The summed E-state index contributed by atoms with van der Waals surface area (Å²) in [6, 6.07) is 6.42. The van der Waals surface area contributed by atoms with Crippen LogP contribution in [-0.2, 0) is 10.0 Å². The van der Waals surface area contributed by atoms with Crippen molar-refractivity contribution in [3.63, 3.8) is 0 Å². The number of unbranched alkanes of at least 4 members (excludes halogenated alkanes) is 1. The van der Waals surface area contributed by atoms with Gasteiger partial charge in [-0.2, -0.15) is 0 Å². The molecule has 1 aromatic carbocycles. The molecule has 0 aromatic heterocycles. The standard InChI is InChI=1S/C13H22N2O3S/c1-3-4-10-15(2)19(16,17)13-7-5-12(6-8-13)18-11-9-14/h5-8H,3-4,9-11,14H2,1-2H3. The minimum absolute atomic E-state index is 0.284. The van der Waals surface area contributed by atoms with Crippen molar-refractivity contribution in [3.8, 4) is 5.75 Å². The maximum absolute atomic E-state index is 12.2. The molecule has 0 radical (unpaired) electrons. The van der Waals surface area contributed by atoms with Crippen molar-refractivity contribution in [1.82, 2.24) is 4.31 Å². The van der Waals surface area contributed by atoms with E-state index < -0.39 is 10.0 Å². The maximum Gasteiger partial charge on any atom is 0.242 e. The third-order valence-corrected chi connectivity index (χ3v) is 4.62. The molecule has 1 rings (SSSR count). The topological polar surface area (TPSA) is 72.6 Å². The lowest BCUT2D eigenvalue weighted by molar-refractivity contribution is 0.328. The Morgan fingerprint density at radius 3 is 2.42 bits per heavy atom. The summed E-state index contributed by atoms with van der Waals surface area (Å²) in [4.78, 5) is 0.284. The average Bonchev–Trinajstić information content (AvgIpc) is 2.42. The zero-order chi connectivity index (χ0) is 14.3. The van der Waals surface area contributed by atoms with E-state index in [1.807, 2.05) is 6.92 Å². The van der Waals surface area contributed by atoms with Crippen molar-refractivity contribution in [2.24, 2.45) is 5.73 Å². The van der Waals surface area contributed by atoms with Gasteiger partial charge in [0.1, 0.15) is 12.4 Å². The summed E-state index contributed by atoms with van der Waals surface area (Å²) in [6.45, 7) is 3.41. The second-order valence-corrected chi connectivity index (χ2v) is 6.33. The fraction of sp³-hybridized carbons (Fsp3) is 0.538. The molecule has 5 nitrogen and oxygen atoms in total. The number of hydrogen-bond acceptors (Lipinski definition) is 4. The van der Waals surface area contributed by atoms with Crippen LogP contribution < -0.4 is 10.5 Å². The lowest BCUT2D eigenvalue weighted by Crippen LogP contribution is -2.27. The largest absolute Gasteiger partial charge is 0.492 e. The van der Waals surface area contributed by atoms with Crippen LogP contribution in [0.3, 0.4) is 0 Å². The Kier molecular flexibility index (Phi) is 6.27. The Morgan fingerprint density at radius 2 is 1.89 bits per heavy atom. The van der Waals surface area contributed by atoms with Gasteiger partial charge in [-0.15, -0.1) is 0 Å². The Bertz CT molecular complexity index is 471. The molecule has 0 unspecified atom stereocenters. The summed E-state index contributed by atoms with van der Waals surface area (Å²) in [5.41, 5.74) is 5.33. The minimum atomic E-state index is -3.40. The van der Waals surface area contributed by atoms with Crippen LogP contribution in [0.5, 0.6) is 5.75 Å². The molecule has 0 aliphatic rings. The molecule has 0 spiro atoms. The highest BCUT2D eigenvalue weighted by molar-refractivity contribution is 7.89. The fourth-order valence-electron chi connectivity index (χ4n) is 1.57. The van der Waals surface area contributed by atoms with E-state index in [4.69, 9.17) is 10.5 Å². The van der Waals surface area contributed by atoms with Crippen molar-refractivity contribution in [3.05, 3.63) is 24.3 Å². The molecule has 0 amide bonds. The van der Waals surface area contributed by atoms with E-state index in [-0.39, 0.29) is 4.90 Å². The molecule has 0 fully saturated rings. The van der Waals surface area contributed by atoms with Gasteiger partial charge in [0, 0.05) is 20.1 Å². The van der Waals surface area contributed by atoms with Crippen molar-refractivity contribution >= 4 is 10.0 Å². The minimum Gasteiger partial charge on any atom is -0.492 e. The fourth-order valence-corrected chi connectivity index (χ4v) is 2.77. The molecule has 0 saturated heterocycles. The lowest BCUT2D eigenvalue weighted by Gasteiger charge is -2.17. The Labute approximate surface area is 115 Å². The highest BCUT2D eigenvalue weighted by atomic mass is 32.2. The molecule has 1 aromatic rings. The van der Waals surface area contributed by atoms with Crippen LogP contribution in [0, 0.1) is 0 Å². The summed E-state index contributed by atoms with van der Waals surface area (Å²) in [7, 11) is -1.79. The number of nitrogens with zero attached hydrogens (tertiary/aromatic N) is 1. The zero-order valence-corrected chi connectivity index (χ0v) is 12.3. The van der Waals surface area contributed by atoms with Gasteiger partial charge in [0.05, 0.1) is 4.90 Å². The normalized spacial score (nSPS) is 11.8. The predicted molar refractivity (Wildman–Crippen MR) is 75.7 cm³/mol. The Morgan fingerprint density at radius 1 is 1.26 bits per heavy atom. The van der Waals surface area contributed by atoms with Gasteiger partial charge < -0.3 is 10.5 Å². The van der Waals surface area contributed by atoms with Crippen LogP contribution in [0.1, 0.15) is 19.8 Å². The SMILES string of the molecule is CCCCN(C)S(=O)(=O)c1ccc(OCCN)cc1. The van der Waals surface area contributed by atoms with Crippen LogP contribution >= 0.6 is 0 Å². The summed E-state index contributed by atoms with van der Waals surface area (Å²) in [5.74, 6) is 0.626. The van der Waals surface area contributed by atoms with Gasteiger partial charge >= 0.3 is 0 Å². The van der Waals surface area contributed by atoms with E-state index in [9.17, 15) is 8.42 Å². The van der Waals surface area contributed by atoms with E-state index in [1.165, 1.54) is 4.31 Å². The molecule has 0 bridgehead atoms. The molecule has 0 atom stereocenters. The van der Waals surface area contributed by atoms with Gasteiger partial charge in [-0.1, -0.05) is 13.3 Å². The van der Waals surface area contributed by atoms with Crippen LogP contribution in [0.15, 0.2) is 29.2 Å². The van der Waals surface area contributed by atoms with Crippen LogP contribution in [0.2, 0.25) is 0 Å². The number of nitrogens with two attached hydrogens (primary N) is 1. The first-order chi connectivity index (χ1) is 9.02. The molecule has 6 heteroatoms. The van der Waals surface area contributed by atoms with E-state index in [1.54, 1.807) is 31.3 Å². The molecule has 0 aliphatic carbocycles. The monoisotopic (exact) mass is 286 g/mol. The van der Waals surface area contributed by atoms with Gasteiger partial charge in [0.15, 0.2) is 0 Å². The highest BCUT2D eigenvalue weighted by Crippen LogP contribution is 2.19. The molecule has 0 saturated carbocycles. The van der Waals surface area contributed by atoms with Crippen molar-refractivity contribution in [2.75, 3.05) is 26.7 Å². The lowest BCUT2D eigenvalue weighted by atomic mass is 10.3. The number of rotatable bonds is 8. The Balaban J connectivity index is 2.78. The molecule has 19 heavy (non-hydrogen) atoms. The van der Waals surface area contributed by atoms with Gasteiger partial charge in [-0.3, -0.25) is 0 Å². The molecular weight excluding hydrogens is 264 g/mol. The molecule has 2 N–H and O–H groups in total. The van der Waals surface area contributed by atoms with Crippen LogP contribution in [0.25, 0.3) is 0 Å². The van der Waals surface area contributed by atoms with E-state index in [2.05, 4.69) is 0 Å². The quantitative estimate of drug-likeness (QED) is 0.785. The van der Waals surface area contributed by atoms with E-state index >= 15 is 0 Å². The van der Waals surface area contributed by atoms with Crippen LogP contribution in [-0.4, -0.2) is 39.5 Å². The smallest absolute Gasteiger partial charge is 0.242 e. The number of ether oxygens (including phenoxy) is 1. The van der Waals surface area contributed by atoms with E-state index in [0.717, 1.165) is 12.8 Å². The first-order valence-electron chi connectivity index (χ1n) is 6.41. The third-order valence-electron chi connectivity index (χ3n) is 2.75. The predicted octanol–water partition coefficient (Wildman–Crippen LogP) is 1.44. The maximum atomic E-state index is 12.2. The number of benzene rings is 1. The second-order valence-electron chi connectivity index (χ2n) is 4.29. The van der Waals surface area contributed by atoms with Crippen molar-refractivity contribution in [1.29, 1.82) is 0 Å². The second kappa shape index (κ2) is 7.47. The molecular formula is C13H22N2O3S. The third kappa shape index (κ3) is 4.49. The molecule has 108 valence electrons. The Hall–Kier alpha value is -1.11. The first kappa shape index (κ1) is 15.9. The number of hydrogen-bond donors (Lipinski definition) is 1. The van der Waals surface area contributed by atoms with Crippen molar-refractivity contribution in [2.45, 2.75) is 24.7 Å². The average molecular weight is 286 g/mol. The molecule has 0 aliphatic heterocycles. The van der Waals surface area contributed by atoms with Gasteiger partial charge in [0.25, 0.3) is 0 Å². The highest BCUT2D eigenvalue weighted by Gasteiger charge is 2.19. The summed E-state index contributed by atoms with van der Waals surface area (Å²) < 4.78 is 31.2. The molecule has 0 heterocycles. The van der Waals surface area contributed by atoms with E-state index in [0.29, 0.717) is 25.4 Å². The van der Waals surface area contributed by atoms with Gasteiger partial charge in [-0.25, -0.2) is 12.7 Å². The summed E-state index contributed by atoms with van der Waals surface area (Å²) >= 11 is 0.